The normalized spacial score (nSPS) is 23.1. The van der Waals surface area contributed by atoms with Crippen molar-refractivity contribution in [1.29, 1.82) is 0 Å². The topological polar surface area (TPSA) is 49.8 Å². The lowest BCUT2D eigenvalue weighted by Crippen LogP contribution is -2.32. The molecule has 1 aliphatic heterocycles. The molecule has 98 valence electrons. The molecule has 1 saturated heterocycles. The molecule has 1 aromatic rings. The van der Waals surface area contributed by atoms with Gasteiger partial charge in [0.15, 0.2) is 0 Å². The summed E-state index contributed by atoms with van der Waals surface area (Å²) in [6.07, 6.45) is 0.979. The van der Waals surface area contributed by atoms with Gasteiger partial charge >= 0.3 is 6.09 Å². The summed E-state index contributed by atoms with van der Waals surface area (Å²) in [4.78, 5) is 12.6. The Hall–Kier alpha value is -1.71. The standard InChI is InChI=1S/C14H19NO3/c1-10-7-11(9-15(10)14(16)17)8-12-5-3-4-6-13(12)18-2/h3-6,10-11H,7-9H2,1-2H3,(H,16,17)/t10-,11-/m1/s1. The van der Waals surface area contributed by atoms with E-state index >= 15 is 0 Å². The molecule has 4 nitrogen and oxygen atoms in total. The number of benzene rings is 1. The Bertz CT molecular complexity index is 433. The van der Waals surface area contributed by atoms with Crippen LogP contribution in [0.25, 0.3) is 0 Å². The average Bonchev–Trinajstić information content (AvgIpc) is 2.71. The Morgan fingerprint density at radius 2 is 2.22 bits per heavy atom. The zero-order valence-corrected chi connectivity index (χ0v) is 10.8. The predicted molar refractivity (Wildman–Crippen MR) is 69.0 cm³/mol. The van der Waals surface area contributed by atoms with Crippen molar-refractivity contribution >= 4 is 6.09 Å². The number of carboxylic acid groups (broad SMARTS) is 1. The van der Waals surface area contributed by atoms with Crippen molar-refractivity contribution in [1.82, 2.24) is 4.90 Å². The molecule has 2 atom stereocenters. The summed E-state index contributed by atoms with van der Waals surface area (Å²) < 4.78 is 5.33. The van der Waals surface area contributed by atoms with Crippen molar-refractivity contribution in [3.63, 3.8) is 0 Å². The van der Waals surface area contributed by atoms with E-state index in [0.717, 1.165) is 24.2 Å². The summed E-state index contributed by atoms with van der Waals surface area (Å²) >= 11 is 0. The van der Waals surface area contributed by atoms with Gasteiger partial charge in [0, 0.05) is 12.6 Å². The van der Waals surface area contributed by atoms with Gasteiger partial charge in [0.05, 0.1) is 7.11 Å². The van der Waals surface area contributed by atoms with Crippen LogP contribution in [-0.2, 0) is 6.42 Å². The van der Waals surface area contributed by atoms with Crippen LogP contribution in [0.3, 0.4) is 0 Å². The maximum Gasteiger partial charge on any atom is 0.407 e. The predicted octanol–water partition coefficient (Wildman–Crippen LogP) is 2.63. The highest BCUT2D eigenvalue weighted by molar-refractivity contribution is 5.65. The second-order valence-corrected chi connectivity index (χ2v) is 4.90. The van der Waals surface area contributed by atoms with E-state index in [2.05, 4.69) is 0 Å². The minimum Gasteiger partial charge on any atom is -0.496 e. The molecule has 4 heteroatoms. The second kappa shape index (κ2) is 5.29. The van der Waals surface area contributed by atoms with E-state index in [9.17, 15) is 4.79 Å². The molecule has 1 aromatic carbocycles. The Morgan fingerprint density at radius 3 is 2.83 bits per heavy atom. The molecule has 0 bridgehead atoms. The van der Waals surface area contributed by atoms with Crippen molar-refractivity contribution in [3.8, 4) is 5.75 Å². The number of para-hydroxylation sites is 1. The van der Waals surface area contributed by atoms with E-state index in [-0.39, 0.29) is 6.04 Å². The molecule has 0 spiro atoms. The summed E-state index contributed by atoms with van der Waals surface area (Å²) in [6.45, 7) is 2.59. The van der Waals surface area contributed by atoms with Crippen LogP contribution in [0.15, 0.2) is 24.3 Å². The van der Waals surface area contributed by atoms with E-state index in [1.165, 1.54) is 4.90 Å². The highest BCUT2D eigenvalue weighted by Crippen LogP contribution is 2.29. The molecule has 2 rings (SSSR count). The number of hydrogen-bond donors (Lipinski definition) is 1. The van der Waals surface area contributed by atoms with Crippen LogP contribution in [0.1, 0.15) is 18.9 Å². The lowest BCUT2D eigenvalue weighted by Gasteiger charge is -2.16. The van der Waals surface area contributed by atoms with Crippen LogP contribution >= 0.6 is 0 Å². The molecule has 1 N–H and O–H groups in total. The van der Waals surface area contributed by atoms with Gasteiger partial charge in [0.1, 0.15) is 5.75 Å². The fourth-order valence-corrected chi connectivity index (χ4v) is 2.74. The van der Waals surface area contributed by atoms with Crippen molar-refractivity contribution in [2.75, 3.05) is 13.7 Å². The molecule has 1 amide bonds. The van der Waals surface area contributed by atoms with Crippen LogP contribution in [0, 0.1) is 5.92 Å². The van der Waals surface area contributed by atoms with Crippen LogP contribution in [0.2, 0.25) is 0 Å². The highest BCUT2D eigenvalue weighted by Gasteiger charge is 2.32. The number of methoxy groups -OCH3 is 1. The van der Waals surface area contributed by atoms with Crippen LogP contribution in [0.5, 0.6) is 5.75 Å². The third kappa shape index (κ3) is 2.58. The van der Waals surface area contributed by atoms with Gasteiger partial charge in [-0.2, -0.15) is 0 Å². The molecular weight excluding hydrogens is 230 g/mol. The second-order valence-electron chi connectivity index (χ2n) is 4.90. The minimum atomic E-state index is -0.815. The Balaban J connectivity index is 2.05. The molecule has 0 aromatic heterocycles. The first-order chi connectivity index (χ1) is 8.61. The van der Waals surface area contributed by atoms with Crippen molar-refractivity contribution < 1.29 is 14.6 Å². The van der Waals surface area contributed by atoms with Gasteiger partial charge in [0.2, 0.25) is 0 Å². The van der Waals surface area contributed by atoms with E-state index in [4.69, 9.17) is 9.84 Å². The Morgan fingerprint density at radius 1 is 1.50 bits per heavy atom. The van der Waals surface area contributed by atoms with Gasteiger partial charge in [-0.1, -0.05) is 18.2 Å². The van der Waals surface area contributed by atoms with E-state index < -0.39 is 6.09 Å². The van der Waals surface area contributed by atoms with Gasteiger partial charge in [-0.25, -0.2) is 4.79 Å². The Kier molecular flexibility index (Phi) is 3.75. The van der Waals surface area contributed by atoms with E-state index in [1.54, 1.807) is 7.11 Å². The summed E-state index contributed by atoms with van der Waals surface area (Å²) in [5, 5.41) is 9.07. The van der Waals surface area contributed by atoms with Gasteiger partial charge in [-0.15, -0.1) is 0 Å². The average molecular weight is 249 g/mol. The summed E-state index contributed by atoms with van der Waals surface area (Å²) in [6, 6.07) is 8.05. The smallest absolute Gasteiger partial charge is 0.407 e. The number of rotatable bonds is 3. The fraction of sp³-hybridized carbons (Fsp3) is 0.500. The first kappa shape index (κ1) is 12.7. The third-order valence-electron chi connectivity index (χ3n) is 3.61. The molecule has 0 radical (unpaired) electrons. The molecular formula is C14H19NO3. The SMILES string of the molecule is COc1ccccc1C[C@H]1C[C@@H](C)N(C(=O)O)C1. The van der Waals surface area contributed by atoms with Crippen LogP contribution in [0.4, 0.5) is 4.79 Å². The molecule has 1 heterocycles. The number of nitrogens with zero attached hydrogens (tertiary/aromatic N) is 1. The van der Waals surface area contributed by atoms with Crippen LogP contribution in [-0.4, -0.2) is 35.8 Å². The first-order valence-corrected chi connectivity index (χ1v) is 6.23. The maximum absolute atomic E-state index is 11.0. The van der Waals surface area contributed by atoms with E-state index in [1.807, 2.05) is 31.2 Å². The summed E-state index contributed by atoms with van der Waals surface area (Å²) in [7, 11) is 1.67. The molecule has 18 heavy (non-hydrogen) atoms. The molecule has 1 aliphatic rings. The lowest BCUT2D eigenvalue weighted by atomic mass is 9.96. The Labute approximate surface area is 107 Å². The number of carbonyl (C=O) groups is 1. The van der Waals surface area contributed by atoms with Gasteiger partial charge in [0.25, 0.3) is 0 Å². The summed E-state index contributed by atoms with van der Waals surface area (Å²) in [5.74, 6) is 1.27. The highest BCUT2D eigenvalue weighted by atomic mass is 16.5. The van der Waals surface area contributed by atoms with Crippen molar-refractivity contribution in [2.45, 2.75) is 25.8 Å². The van der Waals surface area contributed by atoms with Crippen molar-refractivity contribution in [3.05, 3.63) is 29.8 Å². The van der Waals surface area contributed by atoms with Crippen LogP contribution < -0.4 is 4.74 Å². The number of hydrogen-bond acceptors (Lipinski definition) is 2. The quantitative estimate of drug-likeness (QED) is 0.895. The molecule has 0 unspecified atom stereocenters. The lowest BCUT2D eigenvalue weighted by molar-refractivity contribution is 0.142. The third-order valence-corrected chi connectivity index (χ3v) is 3.61. The molecule has 1 fully saturated rings. The fourth-order valence-electron chi connectivity index (χ4n) is 2.74. The number of ether oxygens (including phenoxy) is 1. The van der Waals surface area contributed by atoms with Gasteiger partial charge < -0.3 is 14.7 Å². The zero-order valence-electron chi connectivity index (χ0n) is 10.8. The zero-order chi connectivity index (χ0) is 13.1. The molecule has 0 saturated carbocycles. The first-order valence-electron chi connectivity index (χ1n) is 6.23. The van der Waals surface area contributed by atoms with E-state index in [0.29, 0.717) is 12.5 Å². The largest absolute Gasteiger partial charge is 0.496 e. The maximum atomic E-state index is 11.0. The minimum absolute atomic E-state index is 0.113. The van der Waals surface area contributed by atoms with Crippen molar-refractivity contribution in [2.24, 2.45) is 5.92 Å². The van der Waals surface area contributed by atoms with Gasteiger partial charge in [-0.05, 0) is 37.3 Å². The summed E-state index contributed by atoms with van der Waals surface area (Å²) in [5.41, 5.74) is 1.16. The number of amides is 1. The molecule has 0 aliphatic carbocycles. The monoisotopic (exact) mass is 249 g/mol. The number of likely N-dealkylation sites (tertiary alicyclic amines) is 1. The van der Waals surface area contributed by atoms with Gasteiger partial charge in [-0.3, -0.25) is 0 Å².